The lowest BCUT2D eigenvalue weighted by Gasteiger charge is -2.12. The molecule has 1 aromatic rings. The highest BCUT2D eigenvalue weighted by atomic mass is 16.5. The molecule has 0 aliphatic heterocycles. The van der Waals surface area contributed by atoms with Crippen molar-refractivity contribution in [3.8, 4) is 5.75 Å². The molecule has 0 fully saturated rings. The molecule has 5 heteroatoms. The van der Waals surface area contributed by atoms with Crippen LogP contribution >= 0.6 is 0 Å². The van der Waals surface area contributed by atoms with Gasteiger partial charge in [0.25, 0.3) is 0 Å². The van der Waals surface area contributed by atoms with Gasteiger partial charge < -0.3 is 20.3 Å². The molecule has 2 N–H and O–H groups in total. The molecule has 1 amide bonds. The molecule has 1 aromatic carbocycles. The molecule has 0 radical (unpaired) electrons. The van der Waals surface area contributed by atoms with Gasteiger partial charge in [0.1, 0.15) is 12.4 Å². The third-order valence-electron chi connectivity index (χ3n) is 2.83. The number of rotatable bonds is 9. The number of carbonyl (C=O) groups excluding carboxylic acids is 1. The monoisotopic (exact) mass is 293 g/mol. The Balaban J connectivity index is 2.39. The fourth-order valence-electron chi connectivity index (χ4n) is 1.71. The largest absolute Gasteiger partial charge is 0.492 e. The van der Waals surface area contributed by atoms with Gasteiger partial charge in [-0.2, -0.15) is 0 Å². The van der Waals surface area contributed by atoms with Crippen LogP contribution in [-0.2, 0) is 4.79 Å². The van der Waals surface area contributed by atoms with Crippen LogP contribution in [-0.4, -0.2) is 50.6 Å². The fourth-order valence-corrected chi connectivity index (χ4v) is 1.71. The first-order valence-corrected chi connectivity index (χ1v) is 7.38. The zero-order chi connectivity index (χ0) is 15.7. The molecule has 21 heavy (non-hydrogen) atoms. The highest BCUT2D eigenvalue weighted by molar-refractivity contribution is 5.90. The molecule has 0 aliphatic carbocycles. The third-order valence-corrected chi connectivity index (χ3v) is 2.83. The van der Waals surface area contributed by atoms with Gasteiger partial charge in [-0.25, -0.2) is 0 Å². The van der Waals surface area contributed by atoms with Crippen molar-refractivity contribution in [2.45, 2.75) is 26.3 Å². The zero-order valence-corrected chi connectivity index (χ0v) is 13.5. The number of benzene rings is 1. The van der Waals surface area contributed by atoms with Gasteiger partial charge in [-0.1, -0.05) is 19.9 Å². The second-order valence-corrected chi connectivity index (χ2v) is 5.59. The maximum Gasteiger partial charge on any atom is 0.225 e. The summed E-state index contributed by atoms with van der Waals surface area (Å²) in [4.78, 5) is 13.9. The van der Waals surface area contributed by atoms with E-state index < -0.39 is 0 Å². The summed E-state index contributed by atoms with van der Waals surface area (Å²) in [6.45, 7) is 6.29. The van der Waals surface area contributed by atoms with Crippen molar-refractivity contribution < 1.29 is 9.53 Å². The smallest absolute Gasteiger partial charge is 0.225 e. The molecule has 118 valence electrons. The van der Waals surface area contributed by atoms with Gasteiger partial charge in [0.15, 0.2) is 0 Å². The molecule has 0 spiro atoms. The second-order valence-electron chi connectivity index (χ2n) is 5.59. The average molecular weight is 293 g/mol. The number of nitrogens with one attached hydrogen (secondary N) is 2. The van der Waals surface area contributed by atoms with Crippen molar-refractivity contribution in [2.75, 3.05) is 39.1 Å². The van der Waals surface area contributed by atoms with Gasteiger partial charge in [0.05, 0.1) is 0 Å². The van der Waals surface area contributed by atoms with Crippen molar-refractivity contribution in [1.29, 1.82) is 0 Å². The Morgan fingerprint density at radius 2 is 2.10 bits per heavy atom. The molecule has 0 atom stereocenters. The molecule has 0 saturated heterocycles. The second kappa shape index (κ2) is 9.37. The maximum absolute atomic E-state index is 11.8. The Morgan fingerprint density at radius 3 is 2.76 bits per heavy atom. The number of amides is 1. The van der Waals surface area contributed by atoms with E-state index in [4.69, 9.17) is 4.74 Å². The number of likely N-dealkylation sites (N-methyl/N-ethyl adjacent to an activating group) is 1. The summed E-state index contributed by atoms with van der Waals surface area (Å²) in [7, 11) is 4.01. The number of hydrogen-bond acceptors (Lipinski definition) is 4. The van der Waals surface area contributed by atoms with Crippen molar-refractivity contribution in [3.05, 3.63) is 24.3 Å². The van der Waals surface area contributed by atoms with Gasteiger partial charge >= 0.3 is 0 Å². The number of hydrogen-bond donors (Lipinski definition) is 2. The van der Waals surface area contributed by atoms with Crippen LogP contribution in [0.3, 0.4) is 0 Å². The van der Waals surface area contributed by atoms with Crippen LogP contribution in [0.5, 0.6) is 5.75 Å². The predicted molar refractivity (Wildman–Crippen MR) is 86.9 cm³/mol. The van der Waals surface area contributed by atoms with Crippen LogP contribution in [0.2, 0.25) is 0 Å². The van der Waals surface area contributed by atoms with Crippen LogP contribution in [0.15, 0.2) is 24.3 Å². The minimum Gasteiger partial charge on any atom is -0.492 e. The summed E-state index contributed by atoms with van der Waals surface area (Å²) in [6.07, 6.45) is 0.462. The Labute approximate surface area is 127 Å². The molecule has 5 nitrogen and oxygen atoms in total. The Kier molecular flexibility index (Phi) is 7.79. The summed E-state index contributed by atoms with van der Waals surface area (Å²) >= 11 is 0. The van der Waals surface area contributed by atoms with E-state index in [1.54, 1.807) is 0 Å². The molecule has 0 heterocycles. The van der Waals surface area contributed by atoms with E-state index in [-0.39, 0.29) is 5.91 Å². The lowest BCUT2D eigenvalue weighted by molar-refractivity contribution is -0.116. The zero-order valence-electron chi connectivity index (χ0n) is 13.5. The van der Waals surface area contributed by atoms with Crippen LogP contribution in [0, 0.1) is 0 Å². The standard InChI is InChI=1S/C16H27N3O2/c1-13(2)17-9-8-16(20)18-14-6-5-7-15(12-14)21-11-10-19(3)4/h5-7,12-13,17H,8-11H2,1-4H3,(H,18,20). The molecular formula is C16H27N3O2. The SMILES string of the molecule is CC(C)NCCC(=O)Nc1cccc(OCCN(C)C)c1. The minimum atomic E-state index is 0.00796. The van der Waals surface area contributed by atoms with E-state index in [2.05, 4.69) is 29.4 Å². The van der Waals surface area contributed by atoms with E-state index in [9.17, 15) is 4.79 Å². The summed E-state index contributed by atoms with van der Waals surface area (Å²) in [6, 6.07) is 7.89. The normalized spacial score (nSPS) is 11.0. The first-order valence-electron chi connectivity index (χ1n) is 7.38. The van der Waals surface area contributed by atoms with Gasteiger partial charge in [0, 0.05) is 37.3 Å². The number of carbonyl (C=O) groups is 1. The summed E-state index contributed by atoms with van der Waals surface area (Å²) in [5, 5.41) is 6.11. The summed E-state index contributed by atoms with van der Waals surface area (Å²) < 4.78 is 5.65. The van der Waals surface area contributed by atoms with Crippen molar-refractivity contribution >= 4 is 11.6 Å². The van der Waals surface area contributed by atoms with Gasteiger partial charge in [-0.3, -0.25) is 4.79 Å². The van der Waals surface area contributed by atoms with E-state index in [0.29, 0.717) is 25.6 Å². The van der Waals surface area contributed by atoms with Crippen LogP contribution in [0.4, 0.5) is 5.69 Å². The van der Waals surface area contributed by atoms with Gasteiger partial charge in [0.2, 0.25) is 5.91 Å². The predicted octanol–water partition coefficient (Wildman–Crippen LogP) is 1.95. The minimum absolute atomic E-state index is 0.00796. The quantitative estimate of drug-likeness (QED) is 0.731. The van der Waals surface area contributed by atoms with Crippen LogP contribution < -0.4 is 15.4 Å². The highest BCUT2D eigenvalue weighted by Crippen LogP contribution is 2.17. The summed E-state index contributed by atoms with van der Waals surface area (Å²) in [5.74, 6) is 0.781. The first-order chi connectivity index (χ1) is 9.97. The van der Waals surface area contributed by atoms with E-state index in [1.165, 1.54) is 0 Å². The molecule has 1 rings (SSSR count). The Morgan fingerprint density at radius 1 is 1.33 bits per heavy atom. The van der Waals surface area contributed by atoms with Crippen molar-refractivity contribution in [3.63, 3.8) is 0 Å². The molecule has 0 aliphatic rings. The third kappa shape index (κ3) is 8.32. The number of nitrogens with zero attached hydrogens (tertiary/aromatic N) is 1. The Bertz CT molecular complexity index is 433. The number of anilines is 1. The molecule has 0 aromatic heterocycles. The van der Waals surface area contributed by atoms with Gasteiger partial charge in [-0.05, 0) is 26.2 Å². The van der Waals surface area contributed by atoms with E-state index >= 15 is 0 Å². The summed E-state index contributed by atoms with van der Waals surface area (Å²) in [5.41, 5.74) is 0.770. The lowest BCUT2D eigenvalue weighted by atomic mass is 10.3. The van der Waals surface area contributed by atoms with E-state index in [1.807, 2.05) is 38.4 Å². The van der Waals surface area contributed by atoms with Crippen LogP contribution in [0.1, 0.15) is 20.3 Å². The van der Waals surface area contributed by atoms with E-state index in [0.717, 1.165) is 18.0 Å². The lowest BCUT2D eigenvalue weighted by Crippen LogP contribution is -2.27. The topological polar surface area (TPSA) is 53.6 Å². The van der Waals surface area contributed by atoms with Gasteiger partial charge in [-0.15, -0.1) is 0 Å². The molecular weight excluding hydrogens is 266 g/mol. The molecule has 0 saturated carbocycles. The Hall–Kier alpha value is -1.59. The average Bonchev–Trinajstić information content (AvgIpc) is 2.38. The van der Waals surface area contributed by atoms with Crippen molar-refractivity contribution in [2.24, 2.45) is 0 Å². The first kappa shape index (κ1) is 17.5. The fraction of sp³-hybridized carbons (Fsp3) is 0.562. The highest BCUT2D eigenvalue weighted by Gasteiger charge is 2.04. The number of ether oxygens (including phenoxy) is 1. The molecule has 0 bridgehead atoms. The van der Waals surface area contributed by atoms with Crippen molar-refractivity contribution in [1.82, 2.24) is 10.2 Å². The van der Waals surface area contributed by atoms with Crippen LogP contribution in [0.25, 0.3) is 0 Å². The maximum atomic E-state index is 11.8. The molecule has 0 unspecified atom stereocenters.